The van der Waals surface area contributed by atoms with Crippen molar-refractivity contribution in [3.8, 4) is 34.0 Å². The lowest BCUT2D eigenvalue weighted by molar-refractivity contribution is 0.444. The minimum Gasteiger partial charge on any atom is -0.247 e. The molecule has 0 atom stereocenters. The van der Waals surface area contributed by atoms with Gasteiger partial charge in [-0.25, -0.2) is 9.97 Å². The van der Waals surface area contributed by atoms with E-state index in [4.69, 9.17) is 11.4 Å². The van der Waals surface area contributed by atoms with Crippen LogP contribution in [0.1, 0.15) is 59.9 Å². The summed E-state index contributed by atoms with van der Waals surface area (Å²) in [5.41, 5.74) is 7.88. The summed E-state index contributed by atoms with van der Waals surface area (Å²) in [4.78, 5) is 10.6. The Labute approximate surface area is 188 Å². The van der Waals surface area contributed by atoms with Gasteiger partial charge in [-0.05, 0) is 68.0 Å². The molecular formula is C28H26N2S. The van der Waals surface area contributed by atoms with E-state index in [1.807, 2.05) is 6.92 Å². The zero-order chi connectivity index (χ0) is 21.4. The fourth-order valence-electron chi connectivity index (χ4n) is 4.94. The first kappa shape index (κ1) is 20.0. The lowest BCUT2D eigenvalue weighted by Crippen LogP contribution is -2.07. The number of nitrogens with zero attached hydrogens (tertiary/aromatic N) is 2. The molecule has 1 saturated carbocycles. The molecule has 4 aromatic rings. The Morgan fingerprint density at radius 1 is 0.968 bits per heavy atom. The van der Waals surface area contributed by atoms with Crippen LogP contribution in [0.3, 0.4) is 0 Å². The molecule has 0 bridgehead atoms. The average Bonchev–Trinajstić information content (AvgIpc) is 3.16. The highest BCUT2D eigenvalue weighted by Gasteiger charge is 2.21. The predicted molar refractivity (Wildman–Crippen MR) is 132 cm³/mol. The normalized spacial score (nSPS) is 14.6. The molecule has 0 spiro atoms. The lowest BCUT2D eigenvalue weighted by Gasteiger charge is -2.25. The van der Waals surface area contributed by atoms with Gasteiger partial charge in [-0.3, -0.25) is 0 Å². The molecule has 3 heteroatoms. The van der Waals surface area contributed by atoms with Crippen molar-refractivity contribution < 1.29 is 0 Å². The molecule has 0 unspecified atom stereocenters. The second-order valence-electron chi connectivity index (χ2n) is 8.50. The van der Waals surface area contributed by atoms with Gasteiger partial charge >= 0.3 is 0 Å². The first-order valence-electron chi connectivity index (χ1n) is 11.1. The molecule has 0 radical (unpaired) electrons. The van der Waals surface area contributed by atoms with Crippen LogP contribution < -0.4 is 0 Å². The number of benzene rings is 2. The largest absolute Gasteiger partial charge is 0.247 e. The third-order valence-electron chi connectivity index (χ3n) is 6.41. The van der Waals surface area contributed by atoms with Crippen LogP contribution in [-0.2, 0) is 0 Å². The summed E-state index contributed by atoms with van der Waals surface area (Å²) < 4.78 is 0. The second kappa shape index (κ2) is 8.29. The van der Waals surface area contributed by atoms with Crippen LogP contribution >= 0.6 is 11.3 Å². The number of pyridine rings is 1. The summed E-state index contributed by atoms with van der Waals surface area (Å²) in [6.07, 6.45) is 12.4. The minimum atomic E-state index is 0.603. The first-order valence-corrected chi connectivity index (χ1v) is 11.9. The van der Waals surface area contributed by atoms with Gasteiger partial charge in [0, 0.05) is 16.5 Å². The van der Waals surface area contributed by atoms with Gasteiger partial charge in [0.05, 0.1) is 26.8 Å². The van der Waals surface area contributed by atoms with E-state index in [0.717, 1.165) is 37.7 Å². The summed E-state index contributed by atoms with van der Waals surface area (Å²) in [6, 6.07) is 17.3. The van der Waals surface area contributed by atoms with Crippen molar-refractivity contribution in [1.82, 2.24) is 9.97 Å². The van der Waals surface area contributed by atoms with Crippen LogP contribution in [0.25, 0.3) is 32.6 Å². The smallest absolute Gasteiger partial charge is 0.0904 e. The van der Waals surface area contributed by atoms with E-state index in [-0.39, 0.29) is 0 Å². The molecule has 0 N–H and O–H groups in total. The number of hydrogen-bond acceptors (Lipinski definition) is 3. The topological polar surface area (TPSA) is 25.8 Å². The Morgan fingerprint density at radius 2 is 1.81 bits per heavy atom. The van der Waals surface area contributed by atoms with E-state index in [2.05, 4.69) is 66.4 Å². The summed E-state index contributed by atoms with van der Waals surface area (Å²) in [7, 11) is 0. The summed E-state index contributed by atoms with van der Waals surface area (Å²) in [5.74, 6) is 3.54. The van der Waals surface area contributed by atoms with Crippen LogP contribution in [0.4, 0.5) is 0 Å². The molecule has 2 nitrogen and oxygen atoms in total. The van der Waals surface area contributed by atoms with Crippen LogP contribution in [0.15, 0.2) is 48.5 Å². The van der Waals surface area contributed by atoms with Crippen LogP contribution in [0.2, 0.25) is 0 Å². The molecule has 0 aliphatic heterocycles. The van der Waals surface area contributed by atoms with E-state index < -0.39 is 0 Å². The number of rotatable bonds is 3. The van der Waals surface area contributed by atoms with Crippen LogP contribution in [0.5, 0.6) is 0 Å². The maximum absolute atomic E-state index is 5.93. The van der Waals surface area contributed by atoms with Gasteiger partial charge in [0.1, 0.15) is 0 Å². The Kier molecular flexibility index (Phi) is 5.34. The van der Waals surface area contributed by atoms with Crippen molar-refractivity contribution in [2.45, 2.75) is 51.9 Å². The highest BCUT2D eigenvalue weighted by atomic mass is 32.1. The van der Waals surface area contributed by atoms with Gasteiger partial charge in [0.25, 0.3) is 0 Å². The van der Waals surface area contributed by atoms with E-state index >= 15 is 0 Å². The van der Waals surface area contributed by atoms with Crippen molar-refractivity contribution in [2.24, 2.45) is 0 Å². The van der Waals surface area contributed by atoms with Crippen LogP contribution in [0, 0.1) is 26.2 Å². The van der Waals surface area contributed by atoms with Crippen LogP contribution in [-0.4, -0.2) is 9.97 Å². The van der Waals surface area contributed by atoms with Crippen molar-refractivity contribution in [2.75, 3.05) is 0 Å². The molecule has 1 fully saturated rings. The SMILES string of the molecule is C#Cc1cccc(C2CCCCC2)c1-c1ccc2nc(-c3sc(C)nc3C)ccc2c1. The number of hydrogen-bond donors (Lipinski definition) is 0. The quantitative estimate of drug-likeness (QED) is 0.317. The number of fused-ring (bicyclic) bond motifs is 1. The van der Waals surface area contributed by atoms with Gasteiger partial charge in [-0.1, -0.05) is 49.4 Å². The highest BCUT2D eigenvalue weighted by molar-refractivity contribution is 7.15. The van der Waals surface area contributed by atoms with E-state index in [1.54, 1.807) is 11.3 Å². The van der Waals surface area contributed by atoms with Gasteiger partial charge in [-0.15, -0.1) is 17.8 Å². The molecule has 0 amide bonds. The van der Waals surface area contributed by atoms with Gasteiger partial charge in [0.2, 0.25) is 0 Å². The standard InChI is InChI=1S/C28H26N2S/c1-4-20-11-8-12-24(21-9-6-5-7-10-21)27(20)23-14-15-25-22(17-23)13-16-26(30-25)28-18(2)29-19(3)31-28/h1,8,11-17,21H,5-7,9-10H2,2-3H3. The van der Waals surface area contributed by atoms with E-state index in [9.17, 15) is 0 Å². The molecule has 2 aromatic carbocycles. The Morgan fingerprint density at radius 3 is 2.55 bits per heavy atom. The predicted octanol–water partition coefficient (Wildman–Crippen LogP) is 7.67. The summed E-state index contributed by atoms with van der Waals surface area (Å²) in [5, 5.41) is 2.22. The molecule has 31 heavy (non-hydrogen) atoms. The third-order valence-corrected chi connectivity index (χ3v) is 7.51. The molecule has 1 aliphatic rings. The van der Waals surface area contributed by atoms with Crippen molar-refractivity contribution >= 4 is 22.2 Å². The van der Waals surface area contributed by atoms with E-state index in [1.165, 1.54) is 48.8 Å². The molecule has 2 aromatic heterocycles. The Balaban J connectivity index is 1.60. The summed E-state index contributed by atoms with van der Waals surface area (Å²) >= 11 is 1.70. The molecule has 5 rings (SSSR count). The number of aromatic nitrogens is 2. The van der Waals surface area contributed by atoms with Crippen molar-refractivity contribution in [1.29, 1.82) is 0 Å². The number of terminal acetylenes is 1. The maximum Gasteiger partial charge on any atom is 0.0904 e. The van der Waals surface area contributed by atoms with Crippen molar-refractivity contribution in [3.05, 3.63) is 70.4 Å². The maximum atomic E-state index is 5.93. The number of thiazole rings is 1. The minimum absolute atomic E-state index is 0.603. The number of aryl methyl sites for hydroxylation is 2. The molecular weight excluding hydrogens is 396 g/mol. The zero-order valence-electron chi connectivity index (χ0n) is 18.1. The molecule has 1 aliphatic carbocycles. The lowest BCUT2D eigenvalue weighted by atomic mass is 9.79. The monoisotopic (exact) mass is 422 g/mol. The summed E-state index contributed by atoms with van der Waals surface area (Å²) in [6.45, 7) is 4.10. The molecule has 0 saturated heterocycles. The average molecular weight is 423 g/mol. The Hall–Kier alpha value is -2.96. The molecule has 154 valence electrons. The first-order chi connectivity index (χ1) is 15.1. The fraction of sp³-hybridized carbons (Fsp3) is 0.286. The van der Waals surface area contributed by atoms with Gasteiger partial charge in [0.15, 0.2) is 0 Å². The third kappa shape index (κ3) is 3.77. The fourth-order valence-corrected chi connectivity index (χ4v) is 5.83. The second-order valence-corrected chi connectivity index (χ2v) is 9.70. The van der Waals surface area contributed by atoms with Crippen molar-refractivity contribution in [3.63, 3.8) is 0 Å². The highest BCUT2D eigenvalue weighted by Crippen LogP contribution is 2.40. The van der Waals surface area contributed by atoms with Gasteiger partial charge in [-0.2, -0.15) is 0 Å². The zero-order valence-corrected chi connectivity index (χ0v) is 18.9. The molecule has 2 heterocycles. The van der Waals surface area contributed by atoms with Gasteiger partial charge < -0.3 is 0 Å². The van der Waals surface area contributed by atoms with E-state index in [0.29, 0.717) is 5.92 Å². The Bertz CT molecular complexity index is 1300.